The van der Waals surface area contributed by atoms with Crippen molar-refractivity contribution in [3.8, 4) is 0 Å². The third-order valence-electron chi connectivity index (χ3n) is 3.75. The Hall–Kier alpha value is -1.22. The fraction of sp³-hybridized carbons (Fsp3) is 0.600. The molecule has 23 heavy (non-hydrogen) atoms. The number of ether oxygens (including phenoxy) is 1. The minimum atomic E-state index is -2.97. The number of nitrogens with zero attached hydrogens (tertiary/aromatic N) is 2. The molecule has 1 N–H and O–H groups in total. The van der Waals surface area contributed by atoms with Crippen LogP contribution < -0.4 is 10.2 Å². The molecule has 1 aromatic carbocycles. The number of piperazine rings is 1. The second-order valence-electron chi connectivity index (χ2n) is 5.49. The van der Waals surface area contributed by atoms with Gasteiger partial charge in [0, 0.05) is 45.0 Å². The first kappa shape index (κ1) is 18.1. The van der Waals surface area contributed by atoms with Crippen molar-refractivity contribution in [2.45, 2.75) is 0 Å². The zero-order valence-corrected chi connectivity index (χ0v) is 14.2. The summed E-state index contributed by atoms with van der Waals surface area (Å²) in [5, 5.41) is 3.28. The molecule has 2 saturated heterocycles. The van der Waals surface area contributed by atoms with Crippen LogP contribution in [0.3, 0.4) is 0 Å². The molecule has 1 aromatic rings. The van der Waals surface area contributed by atoms with Crippen LogP contribution >= 0.6 is 0 Å². The Morgan fingerprint density at radius 1 is 1.04 bits per heavy atom. The first-order valence-electron chi connectivity index (χ1n) is 7.71. The van der Waals surface area contributed by atoms with Crippen LogP contribution in [0.5, 0.6) is 0 Å². The van der Waals surface area contributed by atoms with Gasteiger partial charge < -0.3 is 15.0 Å². The van der Waals surface area contributed by atoms with E-state index >= 15 is 0 Å². The Labute approximate surface area is 137 Å². The molecule has 0 aliphatic carbocycles. The standard InChI is InChI=1S/C10H13FN2.C5H11NO3S/c11-9-1-3-10(4-2-9)13-7-5-12-6-8-13;1-10(7,8)6-2-4-9-5-3-6/h1-4,12H,5-8H2;2-5H2,1H3. The lowest BCUT2D eigenvalue weighted by molar-refractivity contribution is 0.0733. The van der Waals surface area contributed by atoms with Gasteiger partial charge in [-0.05, 0) is 24.3 Å². The number of rotatable bonds is 2. The van der Waals surface area contributed by atoms with Crippen molar-refractivity contribution in [1.29, 1.82) is 0 Å². The highest BCUT2D eigenvalue weighted by Gasteiger charge is 2.18. The van der Waals surface area contributed by atoms with Crippen molar-refractivity contribution in [3.63, 3.8) is 0 Å². The van der Waals surface area contributed by atoms with E-state index in [-0.39, 0.29) is 5.82 Å². The van der Waals surface area contributed by atoms with Gasteiger partial charge in [0.2, 0.25) is 10.0 Å². The summed E-state index contributed by atoms with van der Waals surface area (Å²) in [5.41, 5.74) is 1.11. The van der Waals surface area contributed by atoms with Gasteiger partial charge in [-0.15, -0.1) is 0 Å². The molecular formula is C15H24FN3O3S. The molecule has 0 aromatic heterocycles. The highest BCUT2D eigenvalue weighted by molar-refractivity contribution is 7.88. The van der Waals surface area contributed by atoms with Gasteiger partial charge in [0.1, 0.15) is 5.82 Å². The highest BCUT2D eigenvalue weighted by Crippen LogP contribution is 2.14. The monoisotopic (exact) mass is 345 g/mol. The molecule has 6 nitrogen and oxygen atoms in total. The van der Waals surface area contributed by atoms with Crippen LogP contribution in [0.15, 0.2) is 24.3 Å². The molecule has 0 spiro atoms. The number of anilines is 1. The number of nitrogens with one attached hydrogen (secondary N) is 1. The molecule has 3 rings (SSSR count). The first-order valence-corrected chi connectivity index (χ1v) is 9.56. The number of halogens is 1. The maximum atomic E-state index is 12.6. The molecule has 8 heteroatoms. The molecule has 0 unspecified atom stereocenters. The Morgan fingerprint density at radius 2 is 1.61 bits per heavy atom. The lowest BCUT2D eigenvalue weighted by Crippen LogP contribution is -2.43. The van der Waals surface area contributed by atoms with Gasteiger partial charge in [0.15, 0.2) is 0 Å². The van der Waals surface area contributed by atoms with Gasteiger partial charge in [0.05, 0.1) is 19.5 Å². The molecule has 0 amide bonds. The maximum Gasteiger partial charge on any atom is 0.211 e. The molecule has 2 heterocycles. The van der Waals surface area contributed by atoms with Crippen molar-refractivity contribution < 1.29 is 17.5 Å². The fourth-order valence-electron chi connectivity index (χ4n) is 2.45. The van der Waals surface area contributed by atoms with Crippen LogP contribution in [0.25, 0.3) is 0 Å². The van der Waals surface area contributed by atoms with Gasteiger partial charge in [-0.25, -0.2) is 12.8 Å². The maximum absolute atomic E-state index is 12.6. The van der Waals surface area contributed by atoms with Gasteiger partial charge >= 0.3 is 0 Å². The van der Waals surface area contributed by atoms with E-state index in [0.717, 1.165) is 31.9 Å². The minimum absolute atomic E-state index is 0.168. The van der Waals surface area contributed by atoms with E-state index in [4.69, 9.17) is 4.74 Å². The number of hydrogen-bond donors (Lipinski definition) is 1. The second kappa shape index (κ2) is 8.58. The summed E-state index contributed by atoms with van der Waals surface area (Å²) in [6.07, 6.45) is 1.22. The van der Waals surface area contributed by atoms with E-state index < -0.39 is 10.0 Å². The summed E-state index contributed by atoms with van der Waals surface area (Å²) in [4.78, 5) is 2.26. The smallest absolute Gasteiger partial charge is 0.211 e. The fourth-order valence-corrected chi connectivity index (χ4v) is 3.27. The quantitative estimate of drug-likeness (QED) is 0.846. The summed E-state index contributed by atoms with van der Waals surface area (Å²) in [7, 11) is -2.97. The van der Waals surface area contributed by atoms with Crippen LogP contribution in [0, 0.1) is 5.82 Å². The molecular weight excluding hydrogens is 321 g/mol. The normalized spacial score (nSPS) is 19.8. The van der Waals surface area contributed by atoms with E-state index in [0.29, 0.717) is 26.3 Å². The molecule has 0 saturated carbocycles. The zero-order valence-electron chi connectivity index (χ0n) is 13.4. The van der Waals surface area contributed by atoms with E-state index in [2.05, 4.69) is 10.2 Å². The second-order valence-corrected chi connectivity index (χ2v) is 7.47. The predicted octanol–water partition coefficient (Wildman–Crippen LogP) is 0.514. The summed E-state index contributed by atoms with van der Waals surface area (Å²) < 4.78 is 40.8. The van der Waals surface area contributed by atoms with Crippen LogP contribution in [0.4, 0.5) is 10.1 Å². The van der Waals surface area contributed by atoms with Crippen LogP contribution in [-0.4, -0.2) is 71.5 Å². The topological polar surface area (TPSA) is 61.9 Å². The number of benzene rings is 1. The SMILES string of the molecule is CS(=O)(=O)N1CCOCC1.Fc1ccc(N2CCNCC2)cc1. The molecule has 2 aliphatic heterocycles. The molecule has 2 aliphatic rings. The third-order valence-corrected chi connectivity index (χ3v) is 5.05. The average Bonchev–Trinajstić information content (AvgIpc) is 2.57. The molecule has 0 bridgehead atoms. The molecule has 0 radical (unpaired) electrons. The Balaban J connectivity index is 0.000000174. The van der Waals surface area contributed by atoms with Crippen molar-refractivity contribution in [2.24, 2.45) is 0 Å². The number of hydrogen-bond acceptors (Lipinski definition) is 5. The largest absolute Gasteiger partial charge is 0.379 e. The Kier molecular flexibility index (Phi) is 6.76. The Morgan fingerprint density at radius 3 is 2.09 bits per heavy atom. The lowest BCUT2D eigenvalue weighted by Gasteiger charge is -2.29. The van der Waals surface area contributed by atoms with Crippen molar-refractivity contribution >= 4 is 15.7 Å². The summed E-state index contributed by atoms with van der Waals surface area (Å²) >= 11 is 0. The van der Waals surface area contributed by atoms with E-state index in [1.807, 2.05) is 12.1 Å². The molecule has 2 fully saturated rings. The minimum Gasteiger partial charge on any atom is -0.379 e. The van der Waals surface area contributed by atoms with Gasteiger partial charge in [0.25, 0.3) is 0 Å². The van der Waals surface area contributed by atoms with Crippen LogP contribution in [-0.2, 0) is 14.8 Å². The number of morpholine rings is 1. The van der Waals surface area contributed by atoms with Gasteiger partial charge in [-0.3, -0.25) is 0 Å². The van der Waals surface area contributed by atoms with Crippen LogP contribution in [0.2, 0.25) is 0 Å². The van der Waals surface area contributed by atoms with Crippen LogP contribution in [0.1, 0.15) is 0 Å². The van der Waals surface area contributed by atoms with Crippen molar-refractivity contribution in [1.82, 2.24) is 9.62 Å². The third kappa shape index (κ3) is 6.06. The summed E-state index contributed by atoms with van der Waals surface area (Å²) in [6, 6.07) is 6.69. The molecule has 0 atom stereocenters. The molecule has 130 valence electrons. The average molecular weight is 345 g/mol. The van der Waals surface area contributed by atoms with E-state index in [1.165, 1.54) is 22.7 Å². The lowest BCUT2D eigenvalue weighted by atomic mass is 10.2. The van der Waals surface area contributed by atoms with Crippen molar-refractivity contribution in [2.75, 3.05) is 63.6 Å². The summed E-state index contributed by atoms with van der Waals surface area (Å²) in [5.74, 6) is -0.168. The Bertz CT molecular complexity index is 568. The van der Waals surface area contributed by atoms with E-state index in [1.54, 1.807) is 0 Å². The van der Waals surface area contributed by atoms with Gasteiger partial charge in [-0.1, -0.05) is 0 Å². The predicted molar refractivity (Wildman–Crippen MR) is 88.7 cm³/mol. The first-order chi connectivity index (χ1) is 11.0. The van der Waals surface area contributed by atoms with Gasteiger partial charge in [-0.2, -0.15) is 4.31 Å². The summed E-state index contributed by atoms with van der Waals surface area (Å²) in [6.45, 7) is 6.07. The number of sulfonamides is 1. The van der Waals surface area contributed by atoms with Crippen molar-refractivity contribution in [3.05, 3.63) is 30.1 Å². The zero-order chi connectivity index (χ0) is 16.7. The highest BCUT2D eigenvalue weighted by atomic mass is 32.2. The van der Waals surface area contributed by atoms with E-state index in [9.17, 15) is 12.8 Å².